The van der Waals surface area contributed by atoms with E-state index in [0.717, 1.165) is 44.0 Å². The minimum atomic E-state index is -0.579. The Hall–Kier alpha value is -0.400. The lowest BCUT2D eigenvalue weighted by Crippen LogP contribution is -2.38. The van der Waals surface area contributed by atoms with Crippen molar-refractivity contribution in [2.24, 2.45) is 5.41 Å². The zero-order valence-corrected chi connectivity index (χ0v) is 10.5. The van der Waals surface area contributed by atoms with Gasteiger partial charge in [-0.3, -0.25) is 4.21 Å². The number of nitrogens with zero attached hydrogens (tertiary/aromatic N) is 2. The molecule has 1 fully saturated rings. The lowest BCUT2D eigenvalue weighted by molar-refractivity contribution is 0.277. The lowest BCUT2D eigenvalue weighted by atomic mass is 9.90. The smallest absolute Gasteiger partial charge is 0.0683 e. The Labute approximate surface area is 94.9 Å². The third-order valence-corrected chi connectivity index (χ3v) is 4.12. The first-order chi connectivity index (χ1) is 7.03. The third kappa shape index (κ3) is 4.76. The molecule has 0 aromatic rings. The molecule has 0 bridgehead atoms. The summed E-state index contributed by atoms with van der Waals surface area (Å²) in [5, 5.41) is 8.86. The second-order valence-corrected chi connectivity index (χ2v) is 6.49. The van der Waals surface area contributed by atoms with E-state index in [-0.39, 0.29) is 5.41 Å². The minimum Gasteiger partial charge on any atom is -0.302 e. The summed E-state index contributed by atoms with van der Waals surface area (Å²) in [5.41, 5.74) is -0.196. The van der Waals surface area contributed by atoms with Crippen molar-refractivity contribution in [2.45, 2.75) is 26.7 Å². The summed E-state index contributed by atoms with van der Waals surface area (Å²) >= 11 is 0. The van der Waals surface area contributed by atoms with Gasteiger partial charge in [0.15, 0.2) is 0 Å². The van der Waals surface area contributed by atoms with Crippen molar-refractivity contribution in [2.75, 3.05) is 31.1 Å². The molecule has 1 rings (SSSR count). The van der Waals surface area contributed by atoms with Crippen LogP contribution >= 0.6 is 0 Å². The van der Waals surface area contributed by atoms with Crippen molar-refractivity contribution in [3.05, 3.63) is 0 Å². The summed E-state index contributed by atoms with van der Waals surface area (Å²) in [5.74, 6) is 1.64. The summed E-state index contributed by atoms with van der Waals surface area (Å²) in [6.45, 7) is 6.93. The normalized spacial score (nSPS) is 20.1. The maximum atomic E-state index is 11.1. The minimum absolute atomic E-state index is 0.196. The molecule has 0 aromatic carbocycles. The zero-order valence-electron chi connectivity index (χ0n) is 9.66. The molecule has 0 radical (unpaired) electrons. The molecule has 15 heavy (non-hydrogen) atoms. The largest absolute Gasteiger partial charge is 0.302 e. The van der Waals surface area contributed by atoms with E-state index >= 15 is 0 Å². The maximum Gasteiger partial charge on any atom is 0.0683 e. The molecule has 0 N–H and O–H groups in total. The Balaban J connectivity index is 2.16. The average molecular weight is 228 g/mol. The summed E-state index contributed by atoms with van der Waals surface area (Å²) < 4.78 is 11.1. The summed E-state index contributed by atoms with van der Waals surface area (Å²) in [6, 6.07) is 2.32. The molecule has 0 aromatic heterocycles. The van der Waals surface area contributed by atoms with Gasteiger partial charge in [-0.25, -0.2) is 0 Å². The van der Waals surface area contributed by atoms with Gasteiger partial charge in [-0.05, 0) is 33.2 Å². The van der Waals surface area contributed by atoms with Gasteiger partial charge in [0.2, 0.25) is 0 Å². The number of nitriles is 1. The predicted molar refractivity (Wildman–Crippen MR) is 62.9 cm³/mol. The Morgan fingerprint density at radius 1 is 1.40 bits per heavy atom. The van der Waals surface area contributed by atoms with Crippen LogP contribution in [0.25, 0.3) is 0 Å². The van der Waals surface area contributed by atoms with E-state index in [2.05, 4.69) is 11.0 Å². The molecule has 1 heterocycles. The van der Waals surface area contributed by atoms with Crippen LogP contribution in [0.3, 0.4) is 0 Å². The van der Waals surface area contributed by atoms with Gasteiger partial charge in [-0.2, -0.15) is 5.26 Å². The Kier molecular flexibility index (Phi) is 4.75. The molecular weight excluding hydrogens is 208 g/mol. The molecule has 0 amide bonds. The maximum absolute atomic E-state index is 11.1. The highest BCUT2D eigenvalue weighted by Crippen LogP contribution is 2.20. The van der Waals surface area contributed by atoms with Crippen molar-refractivity contribution >= 4 is 10.8 Å². The zero-order chi connectivity index (χ0) is 11.3. The summed E-state index contributed by atoms with van der Waals surface area (Å²) in [7, 11) is -0.579. The highest BCUT2D eigenvalue weighted by atomic mass is 32.2. The van der Waals surface area contributed by atoms with E-state index in [9.17, 15) is 4.21 Å². The standard InChI is InChI=1S/C11H20N2OS/c1-11(2,10-12)4-3-5-13-6-8-15(14)9-7-13/h3-9H2,1-2H3. The monoisotopic (exact) mass is 228 g/mol. The topological polar surface area (TPSA) is 44.1 Å². The fourth-order valence-electron chi connectivity index (χ4n) is 1.70. The molecule has 3 nitrogen and oxygen atoms in total. The number of rotatable bonds is 4. The molecule has 4 heteroatoms. The molecule has 1 aliphatic rings. The van der Waals surface area contributed by atoms with E-state index in [1.165, 1.54) is 0 Å². The molecule has 86 valence electrons. The SMILES string of the molecule is CC(C)(C#N)CCCN1CCS(=O)CC1. The first-order valence-electron chi connectivity index (χ1n) is 5.52. The van der Waals surface area contributed by atoms with Crippen LogP contribution < -0.4 is 0 Å². The van der Waals surface area contributed by atoms with Crippen molar-refractivity contribution < 1.29 is 4.21 Å². The highest BCUT2D eigenvalue weighted by molar-refractivity contribution is 7.85. The Bertz CT molecular complexity index is 260. The number of hydrogen-bond acceptors (Lipinski definition) is 3. The third-order valence-electron chi connectivity index (χ3n) is 2.85. The quantitative estimate of drug-likeness (QED) is 0.730. The van der Waals surface area contributed by atoms with Crippen LogP contribution in [0.2, 0.25) is 0 Å². The number of hydrogen-bond donors (Lipinski definition) is 0. The van der Waals surface area contributed by atoms with Gasteiger partial charge in [-0.1, -0.05) is 0 Å². The molecule has 0 unspecified atom stereocenters. The second-order valence-electron chi connectivity index (χ2n) is 4.79. The van der Waals surface area contributed by atoms with Crippen molar-refractivity contribution in [3.8, 4) is 6.07 Å². The first kappa shape index (κ1) is 12.7. The molecular formula is C11H20N2OS. The van der Waals surface area contributed by atoms with Crippen LogP contribution in [0.15, 0.2) is 0 Å². The predicted octanol–water partition coefficient (Wildman–Crippen LogP) is 1.38. The van der Waals surface area contributed by atoms with Gasteiger partial charge in [0.05, 0.1) is 11.5 Å². The fraction of sp³-hybridized carbons (Fsp3) is 0.909. The van der Waals surface area contributed by atoms with Crippen LogP contribution in [0.4, 0.5) is 0 Å². The second kappa shape index (κ2) is 5.62. The van der Waals surface area contributed by atoms with Crippen molar-refractivity contribution in [3.63, 3.8) is 0 Å². The van der Waals surface area contributed by atoms with Crippen LogP contribution in [0, 0.1) is 16.7 Å². The van der Waals surface area contributed by atoms with E-state index in [4.69, 9.17) is 5.26 Å². The van der Waals surface area contributed by atoms with Crippen LogP contribution in [0.5, 0.6) is 0 Å². The summed E-state index contributed by atoms with van der Waals surface area (Å²) in [6.07, 6.45) is 2.01. The van der Waals surface area contributed by atoms with Crippen molar-refractivity contribution in [1.82, 2.24) is 4.90 Å². The van der Waals surface area contributed by atoms with Crippen molar-refractivity contribution in [1.29, 1.82) is 5.26 Å². The molecule has 0 aliphatic carbocycles. The fourth-order valence-corrected chi connectivity index (χ4v) is 2.83. The van der Waals surface area contributed by atoms with Gasteiger partial charge < -0.3 is 4.90 Å². The van der Waals surface area contributed by atoms with E-state index in [1.807, 2.05) is 13.8 Å². The van der Waals surface area contributed by atoms with Crippen LogP contribution in [-0.4, -0.2) is 40.2 Å². The van der Waals surface area contributed by atoms with E-state index in [0.29, 0.717) is 0 Å². The molecule has 1 aliphatic heterocycles. The molecule has 0 saturated carbocycles. The van der Waals surface area contributed by atoms with Gasteiger partial charge >= 0.3 is 0 Å². The van der Waals surface area contributed by atoms with Crippen LogP contribution in [-0.2, 0) is 10.8 Å². The first-order valence-corrected chi connectivity index (χ1v) is 7.01. The Morgan fingerprint density at radius 3 is 2.53 bits per heavy atom. The van der Waals surface area contributed by atoms with Gasteiger partial charge in [0.1, 0.15) is 0 Å². The molecule has 0 atom stereocenters. The van der Waals surface area contributed by atoms with Crippen LogP contribution in [0.1, 0.15) is 26.7 Å². The van der Waals surface area contributed by atoms with Gasteiger partial charge in [-0.15, -0.1) is 0 Å². The summed E-state index contributed by atoms with van der Waals surface area (Å²) in [4.78, 5) is 2.36. The average Bonchev–Trinajstić information content (AvgIpc) is 2.21. The lowest BCUT2D eigenvalue weighted by Gasteiger charge is -2.26. The molecule has 1 saturated heterocycles. The highest BCUT2D eigenvalue weighted by Gasteiger charge is 2.18. The van der Waals surface area contributed by atoms with E-state index < -0.39 is 10.8 Å². The Morgan fingerprint density at radius 2 is 2.00 bits per heavy atom. The molecule has 0 spiro atoms. The van der Waals surface area contributed by atoms with Gasteiger partial charge in [0.25, 0.3) is 0 Å². The van der Waals surface area contributed by atoms with E-state index in [1.54, 1.807) is 0 Å². The van der Waals surface area contributed by atoms with Gasteiger partial charge in [0, 0.05) is 35.4 Å².